The van der Waals surface area contributed by atoms with Crippen LogP contribution in [0.25, 0.3) is 0 Å². The number of aromatic amines is 1. The molecular weight excluding hydrogens is 233 g/mol. The fourth-order valence-corrected chi connectivity index (χ4v) is 1.33. The van der Waals surface area contributed by atoms with Crippen LogP contribution in [0.1, 0.15) is 25.1 Å². The highest BCUT2D eigenvalue weighted by Gasteiger charge is 2.08. The van der Waals surface area contributed by atoms with E-state index in [-0.39, 0.29) is 0 Å². The number of aromatic nitrogens is 2. The number of halogens is 1. The summed E-state index contributed by atoms with van der Waals surface area (Å²) in [4.78, 5) is 4.45. The Hall–Kier alpha value is -2.17. The van der Waals surface area contributed by atoms with Crippen LogP contribution in [-0.2, 0) is 4.84 Å². The van der Waals surface area contributed by atoms with Gasteiger partial charge in [0.15, 0.2) is 0 Å². The van der Waals surface area contributed by atoms with E-state index in [1.54, 1.807) is 12.3 Å². The molecule has 0 aliphatic rings. The van der Waals surface area contributed by atoms with Crippen molar-refractivity contribution in [2.24, 2.45) is 5.16 Å². The zero-order valence-corrected chi connectivity index (χ0v) is 10.4. The van der Waals surface area contributed by atoms with Crippen molar-refractivity contribution < 1.29 is 9.23 Å². The quantitative estimate of drug-likeness (QED) is 0.668. The number of oxime groups is 1. The van der Waals surface area contributed by atoms with Crippen molar-refractivity contribution in [2.75, 3.05) is 6.86 Å². The average molecular weight is 249 g/mol. The van der Waals surface area contributed by atoms with Gasteiger partial charge in [-0.2, -0.15) is 5.10 Å². The Morgan fingerprint density at radius 1 is 1.28 bits per heavy atom. The van der Waals surface area contributed by atoms with Gasteiger partial charge in [-0.1, -0.05) is 49.3 Å². The van der Waals surface area contributed by atoms with E-state index >= 15 is 0 Å². The molecule has 1 aromatic carbocycles. The van der Waals surface area contributed by atoms with Crippen LogP contribution in [0.5, 0.6) is 0 Å². The maximum atomic E-state index is 12.0. The zero-order valence-electron chi connectivity index (χ0n) is 10.4. The first-order valence-electron chi connectivity index (χ1n) is 5.73. The molecule has 96 valence electrons. The second-order valence-corrected chi connectivity index (χ2v) is 3.01. The third-order valence-electron chi connectivity index (χ3n) is 2.01. The standard InChI is InChI=1S/C11H10FN3O.C2H6/c12-8-16-15-11(10-6-7-13-14-10)9-4-2-1-3-5-9;1-2/h1-7H,8H2,(H,13,14);1-2H3. The van der Waals surface area contributed by atoms with Gasteiger partial charge in [0, 0.05) is 11.8 Å². The summed E-state index contributed by atoms with van der Waals surface area (Å²) in [5, 5.41) is 10.3. The largest absolute Gasteiger partial charge is 0.361 e. The Balaban J connectivity index is 0.000000771. The molecule has 1 aromatic heterocycles. The van der Waals surface area contributed by atoms with Crippen molar-refractivity contribution in [3.8, 4) is 0 Å². The molecular formula is C13H16FN3O. The summed E-state index contributed by atoms with van der Waals surface area (Å²) in [7, 11) is 0. The molecule has 0 amide bonds. The molecule has 4 nitrogen and oxygen atoms in total. The molecule has 5 heteroatoms. The van der Waals surface area contributed by atoms with Gasteiger partial charge in [0.1, 0.15) is 5.71 Å². The predicted molar refractivity (Wildman–Crippen MR) is 69.1 cm³/mol. The fraction of sp³-hybridized carbons (Fsp3) is 0.231. The molecule has 0 spiro atoms. The van der Waals surface area contributed by atoms with Gasteiger partial charge < -0.3 is 4.84 Å². The van der Waals surface area contributed by atoms with E-state index in [0.717, 1.165) is 5.56 Å². The molecule has 18 heavy (non-hydrogen) atoms. The number of benzene rings is 1. The first-order valence-corrected chi connectivity index (χ1v) is 5.73. The van der Waals surface area contributed by atoms with E-state index in [1.165, 1.54) is 0 Å². The van der Waals surface area contributed by atoms with Gasteiger partial charge in [-0.05, 0) is 6.07 Å². The van der Waals surface area contributed by atoms with Gasteiger partial charge in [-0.15, -0.1) is 0 Å². The zero-order chi connectivity index (χ0) is 13.2. The summed E-state index contributed by atoms with van der Waals surface area (Å²) in [6.07, 6.45) is 1.60. The van der Waals surface area contributed by atoms with Crippen LogP contribution in [0.2, 0.25) is 0 Å². The predicted octanol–water partition coefficient (Wildman–Crippen LogP) is 3.13. The Morgan fingerprint density at radius 3 is 2.56 bits per heavy atom. The third kappa shape index (κ3) is 3.69. The highest BCUT2D eigenvalue weighted by Crippen LogP contribution is 2.08. The summed E-state index contributed by atoms with van der Waals surface area (Å²) in [6.45, 7) is 3.05. The fourth-order valence-electron chi connectivity index (χ4n) is 1.33. The van der Waals surface area contributed by atoms with Crippen LogP contribution < -0.4 is 0 Å². The molecule has 0 saturated heterocycles. The minimum absolute atomic E-state index is 0.524. The first-order chi connectivity index (χ1) is 8.92. The van der Waals surface area contributed by atoms with Crippen LogP contribution in [0, 0.1) is 0 Å². The van der Waals surface area contributed by atoms with Gasteiger partial charge in [-0.25, -0.2) is 4.39 Å². The minimum Gasteiger partial charge on any atom is -0.361 e. The lowest BCUT2D eigenvalue weighted by Gasteiger charge is -2.02. The lowest BCUT2D eigenvalue weighted by atomic mass is 10.1. The Bertz CT molecular complexity index is 454. The summed E-state index contributed by atoms with van der Waals surface area (Å²) < 4.78 is 12.0. The molecule has 0 aliphatic carbocycles. The second kappa shape index (κ2) is 8.00. The Morgan fingerprint density at radius 2 is 2.00 bits per heavy atom. The van der Waals surface area contributed by atoms with Gasteiger partial charge in [0.25, 0.3) is 6.86 Å². The SMILES string of the molecule is CC.FCON=C(c1ccccc1)c1ccn[nH]1. The Labute approximate surface area is 105 Å². The van der Waals surface area contributed by atoms with Crippen LogP contribution in [0.4, 0.5) is 4.39 Å². The maximum Gasteiger partial charge on any atom is 0.255 e. The number of rotatable bonds is 4. The van der Waals surface area contributed by atoms with Gasteiger partial charge >= 0.3 is 0 Å². The number of nitrogens with one attached hydrogen (secondary N) is 1. The number of hydrogen-bond acceptors (Lipinski definition) is 3. The second-order valence-electron chi connectivity index (χ2n) is 3.01. The number of alkyl halides is 1. The van der Waals surface area contributed by atoms with E-state index in [4.69, 9.17) is 0 Å². The van der Waals surface area contributed by atoms with Crippen molar-refractivity contribution >= 4 is 5.71 Å². The average Bonchev–Trinajstić information content (AvgIpc) is 2.97. The normalized spacial score (nSPS) is 10.5. The van der Waals surface area contributed by atoms with E-state index in [2.05, 4.69) is 20.2 Å². The molecule has 0 bridgehead atoms. The monoisotopic (exact) mass is 249 g/mol. The summed E-state index contributed by atoms with van der Waals surface area (Å²) in [5.74, 6) is 0. The van der Waals surface area contributed by atoms with Crippen LogP contribution >= 0.6 is 0 Å². The molecule has 0 fully saturated rings. The highest BCUT2D eigenvalue weighted by atomic mass is 19.1. The number of nitrogens with zero attached hydrogens (tertiary/aromatic N) is 2. The molecule has 0 radical (unpaired) electrons. The minimum atomic E-state index is -0.954. The molecule has 1 N–H and O–H groups in total. The van der Waals surface area contributed by atoms with E-state index in [0.29, 0.717) is 11.4 Å². The summed E-state index contributed by atoms with van der Waals surface area (Å²) >= 11 is 0. The third-order valence-corrected chi connectivity index (χ3v) is 2.01. The van der Waals surface area contributed by atoms with Crippen LogP contribution in [0.3, 0.4) is 0 Å². The number of hydrogen-bond donors (Lipinski definition) is 1. The molecule has 0 unspecified atom stereocenters. The lowest BCUT2D eigenvalue weighted by molar-refractivity contribution is 0.0637. The van der Waals surface area contributed by atoms with Gasteiger partial charge in [0.05, 0.1) is 5.69 Å². The van der Waals surface area contributed by atoms with Crippen molar-refractivity contribution in [3.05, 3.63) is 53.9 Å². The Kier molecular flexibility index (Phi) is 6.17. The first kappa shape index (κ1) is 13.9. The molecule has 2 aromatic rings. The van der Waals surface area contributed by atoms with Gasteiger partial charge in [-0.3, -0.25) is 5.10 Å². The number of H-pyrrole nitrogens is 1. The summed E-state index contributed by atoms with van der Waals surface area (Å²) in [5.41, 5.74) is 2.04. The van der Waals surface area contributed by atoms with Crippen molar-refractivity contribution in [1.82, 2.24) is 10.2 Å². The van der Waals surface area contributed by atoms with Crippen molar-refractivity contribution in [3.63, 3.8) is 0 Å². The highest BCUT2D eigenvalue weighted by molar-refractivity contribution is 6.11. The molecule has 0 aliphatic heterocycles. The molecule has 2 rings (SSSR count). The molecule has 1 heterocycles. The molecule has 0 atom stereocenters. The maximum absolute atomic E-state index is 12.0. The van der Waals surface area contributed by atoms with E-state index in [9.17, 15) is 4.39 Å². The topological polar surface area (TPSA) is 50.3 Å². The van der Waals surface area contributed by atoms with E-state index < -0.39 is 6.86 Å². The van der Waals surface area contributed by atoms with E-state index in [1.807, 2.05) is 44.2 Å². The summed E-state index contributed by atoms with van der Waals surface area (Å²) in [6, 6.07) is 11.1. The smallest absolute Gasteiger partial charge is 0.255 e. The molecule has 0 saturated carbocycles. The van der Waals surface area contributed by atoms with Crippen molar-refractivity contribution in [2.45, 2.75) is 13.8 Å². The lowest BCUT2D eigenvalue weighted by Crippen LogP contribution is -2.04. The van der Waals surface area contributed by atoms with Crippen molar-refractivity contribution in [1.29, 1.82) is 0 Å². The van der Waals surface area contributed by atoms with Crippen LogP contribution in [-0.4, -0.2) is 22.8 Å². The van der Waals surface area contributed by atoms with Gasteiger partial charge in [0.2, 0.25) is 0 Å². The van der Waals surface area contributed by atoms with Crippen LogP contribution in [0.15, 0.2) is 47.8 Å².